The molecule has 0 radical (unpaired) electrons. The van der Waals surface area contributed by atoms with Crippen LogP contribution in [0.2, 0.25) is 0 Å². The van der Waals surface area contributed by atoms with E-state index in [0.29, 0.717) is 11.3 Å². The molecule has 312 valence electrons. The molecule has 0 aliphatic rings. The van der Waals surface area contributed by atoms with Gasteiger partial charge < -0.3 is 14.2 Å². The fourth-order valence-corrected chi connectivity index (χ4v) is 6.91. The summed E-state index contributed by atoms with van der Waals surface area (Å²) in [4.78, 5) is 25.5. The number of rotatable bonds is 34. The van der Waals surface area contributed by atoms with Crippen LogP contribution < -0.4 is 14.2 Å². The smallest absolute Gasteiger partial charge is 0.336 e. The van der Waals surface area contributed by atoms with Gasteiger partial charge in [0.2, 0.25) is 0 Å². The van der Waals surface area contributed by atoms with Crippen LogP contribution in [-0.2, 0) is 4.79 Å². The fraction of sp³-hybridized carbons (Fsp3) is 0.538. The van der Waals surface area contributed by atoms with Crippen LogP contribution >= 0.6 is 0 Å². The largest absolute Gasteiger partial charge is 0.494 e. The Morgan fingerprint density at radius 2 is 0.825 bits per heavy atom. The molecule has 0 heterocycles. The highest BCUT2D eigenvalue weighted by Crippen LogP contribution is 2.19. The van der Waals surface area contributed by atoms with E-state index in [1.54, 1.807) is 36.4 Å². The second kappa shape index (κ2) is 31.9. The Bertz CT molecular complexity index is 1520. The Hall–Kier alpha value is -4.12. The van der Waals surface area contributed by atoms with Crippen LogP contribution in [-0.4, -0.2) is 25.0 Å². The van der Waals surface area contributed by atoms with E-state index in [0.717, 1.165) is 48.7 Å². The minimum absolute atomic E-state index is 0.169. The number of ketones is 1. The lowest BCUT2D eigenvalue weighted by molar-refractivity contribution is -0.128. The molecule has 0 aliphatic heterocycles. The number of hydrogen-bond donors (Lipinski definition) is 0. The second-order valence-corrected chi connectivity index (χ2v) is 15.6. The van der Waals surface area contributed by atoms with Crippen LogP contribution in [0.15, 0.2) is 84.9 Å². The Kier molecular flexibility index (Phi) is 26.5. The summed E-state index contributed by atoms with van der Waals surface area (Å²) in [6, 6.07) is 22.2. The van der Waals surface area contributed by atoms with Gasteiger partial charge in [-0.05, 0) is 72.5 Å². The molecular weight excluding hydrogens is 705 g/mol. The van der Waals surface area contributed by atoms with Crippen LogP contribution in [0.5, 0.6) is 17.2 Å². The molecule has 0 saturated carbocycles. The first-order valence-electron chi connectivity index (χ1n) is 22.8. The van der Waals surface area contributed by atoms with Gasteiger partial charge in [0.1, 0.15) is 17.2 Å². The van der Waals surface area contributed by atoms with Crippen molar-refractivity contribution in [2.24, 2.45) is 0 Å². The van der Waals surface area contributed by atoms with Crippen molar-refractivity contribution in [3.63, 3.8) is 0 Å². The summed E-state index contributed by atoms with van der Waals surface area (Å²) in [5.41, 5.74) is 2.23. The van der Waals surface area contributed by atoms with Gasteiger partial charge in [-0.15, -0.1) is 0 Å². The zero-order valence-electron chi connectivity index (χ0n) is 35.7. The highest BCUT2D eigenvalue weighted by molar-refractivity contribution is 6.07. The molecule has 0 saturated heterocycles. The normalized spacial score (nSPS) is 11.4. The van der Waals surface area contributed by atoms with E-state index in [9.17, 15) is 9.59 Å². The second-order valence-electron chi connectivity index (χ2n) is 15.6. The van der Waals surface area contributed by atoms with Gasteiger partial charge in [-0.2, -0.15) is 0 Å². The minimum atomic E-state index is -0.511. The average molecular weight is 779 g/mol. The molecule has 0 fully saturated rings. The molecule has 0 aromatic heterocycles. The Morgan fingerprint density at radius 3 is 1.25 bits per heavy atom. The molecule has 0 aliphatic carbocycles. The number of allylic oxidation sites excluding steroid dienone is 1. The molecule has 0 bridgehead atoms. The van der Waals surface area contributed by atoms with E-state index in [-0.39, 0.29) is 5.78 Å². The Morgan fingerprint density at radius 1 is 0.439 bits per heavy atom. The molecule has 0 atom stereocenters. The number of unbranched alkanes of at least 4 members (excludes halogenated alkanes) is 22. The van der Waals surface area contributed by atoms with Gasteiger partial charge in [-0.25, -0.2) is 4.79 Å². The van der Waals surface area contributed by atoms with Gasteiger partial charge >= 0.3 is 5.97 Å². The predicted molar refractivity (Wildman–Crippen MR) is 241 cm³/mol. The lowest BCUT2D eigenvalue weighted by Gasteiger charge is -2.07. The number of carbonyl (C=O) groups is 2. The highest BCUT2D eigenvalue weighted by Gasteiger charge is 2.07. The fourth-order valence-electron chi connectivity index (χ4n) is 6.91. The van der Waals surface area contributed by atoms with Crippen molar-refractivity contribution in [2.45, 2.75) is 168 Å². The van der Waals surface area contributed by atoms with Gasteiger partial charge in [0.05, 0.1) is 13.2 Å². The Labute approximate surface area is 346 Å². The van der Waals surface area contributed by atoms with Crippen LogP contribution in [0.4, 0.5) is 0 Å². The minimum Gasteiger partial charge on any atom is -0.494 e. The van der Waals surface area contributed by atoms with Crippen molar-refractivity contribution in [3.05, 3.63) is 102 Å². The Balaban J connectivity index is 1.26. The van der Waals surface area contributed by atoms with Gasteiger partial charge in [-0.3, -0.25) is 4.79 Å². The van der Waals surface area contributed by atoms with Crippen LogP contribution in [0.3, 0.4) is 0 Å². The molecule has 0 spiro atoms. The zero-order valence-corrected chi connectivity index (χ0v) is 35.7. The first-order chi connectivity index (χ1) is 28.1. The van der Waals surface area contributed by atoms with Crippen molar-refractivity contribution >= 4 is 23.9 Å². The van der Waals surface area contributed by atoms with Gasteiger partial charge in [-0.1, -0.05) is 198 Å². The standard InChI is InChI=1S/C52H74O5/c1-3-5-7-9-11-13-15-16-17-18-20-22-24-26-42-55-48-36-30-45(31-37-48)34-40-51(53)47-28-27-29-50(44-47)57-52(54)41-35-46-32-38-49(39-33-46)56-43-25-23-21-19-14-12-10-8-6-4-2/h27-41,44H,3-26,42-43H2,1-2H3/b40-34+,41-35+. The number of hydrogen-bond acceptors (Lipinski definition) is 5. The molecule has 3 rings (SSSR count). The molecule has 0 N–H and O–H groups in total. The SMILES string of the molecule is CCCCCCCCCCCCCCCCOc1ccc(/C=C/C(=O)c2cccc(OC(=O)/C=C/c3ccc(OCCCCCCCCCCCC)cc3)c2)cc1. The molecule has 5 nitrogen and oxygen atoms in total. The van der Waals surface area contributed by atoms with Crippen LogP contribution in [0.1, 0.15) is 189 Å². The molecule has 3 aromatic rings. The average Bonchev–Trinajstić information content (AvgIpc) is 3.23. The third-order valence-corrected chi connectivity index (χ3v) is 10.5. The molecule has 3 aromatic carbocycles. The maximum atomic E-state index is 12.9. The van der Waals surface area contributed by atoms with Crippen molar-refractivity contribution in [1.82, 2.24) is 0 Å². The molecule has 57 heavy (non-hydrogen) atoms. The first kappa shape index (κ1) is 47.3. The summed E-state index contributed by atoms with van der Waals surface area (Å²) in [6.45, 7) is 5.99. The van der Waals surface area contributed by atoms with E-state index >= 15 is 0 Å². The van der Waals surface area contributed by atoms with E-state index in [1.165, 1.54) is 153 Å². The molecule has 5 heteroatoms. The summed E-state index contributed by atoms with van der Waals surface area (Å²) < 4.78 is 17.4. The lowest BCUT2D eigenvalue weighted by Crippen LogP contribution is -2.04. The van der Waals surface area contributed by atoms with Crippen molar-refractivity contribution in [3.8, 4) is 17.2 Å². The topological polar surface area (TPSA) is 61.8 Å². The first-order valence-corrected chi connectivity index (χ1v) is 22.8. The molecule has 0 unspecified atom stereocenters. The lowest BCUT2D eigenvalue weighted by atomic mass is 10.0. The van der Waals surface area contributed by atoms with Crippen molar-refractivity contribution < 1.29 is 23.8 Å². The van der Waals surface area contributed by atoms with E-state index in [2.05, 4.69) is 13.8 Å². The summed E-state index contributed by atoms with van der Waals surface area (Å²) in [7, 11) is 0. The zero-order chi connectivity index (χ0) is 40.4. The van der Waals surface area contributed by atoms with Crippen LogP contribution in [0.25, 0.3) is 12.2 Å². The summed E-state index contributed by atoms with van der Waals surface area (Å²) in [6.07, 6.45) is 38.3. The maximum absolute atomic E-state index is 12.9. The van der Waals surface area contributed by atoms with Crippen molar-refractivity contribution in [1.29, 1.82) is 0 Å². The maximum Gasteiger partial charge on any atom is 0.336 e. The van der Waals surface area contributed by atoms with Crippen LogP contribution in [0, 0.1) is 0 Å². The monoisotopic (exact) mass is 779 g/mol. The quantitative estimate of drug-likeness (QED) is 0.0199. The predicted octanol–water partition coefficient (Wildman–Crippen LogP) is 15.4. The number of ether oxygens (including phenoxy) is 3. The summed E-state index contributed by atoms with van der Waals surface area (Å²) in [5.74, 6) is 1.32. The molecule has 0 amide bonds. The summed E-state index contributed by atoms with van der Waals surface area (Å²) in [5, 5.41) is 0. The number of esters is 1. The number of benzene rings is 3. The van der Waals surface area contributed by atoms with E-state index in [1.807, 2.05) is 48.5 Å². The number of carbonyl (C=O) groups excluding carboxylic acids is 2. The van der Waals surface area contributed by atoms with Gasteiger partial charge in [0, 0.05) is 11.6 Å². The van der Waals surface area contributed by atoms with Crippen molar-refractivity contribution in [2.75, 3.05) is 13.2 Å². The summed E-state index contributed by atoms with van der Waals surface area (Å²) >= 11 is 0. The van der Waals surface area contributed by atoms with E-state index < -0.39 is 5.97 Å². The third-order valence-electron chi connectivity index (χ3n) is 10.5. The van der Waals surface area contributed by atoms with E-state index in [4.69, 9.17) is 14.2 Å². The third kappa shape index (κ3) is 23.6. The van der Waals surface area contributed by atoms with Gasteiger partial charge in [0.25, 0.3) is 0 Å². The van der Waals surface area contributed by atoms with Gasteiger partial charge in [0.15, 0.2) is 5.78 Å². The molecular formula is C52H74O5. The highest BCUT2D eigenvalue weighted by atomic mass is 16.5.